The largest absolute Gasteiger partial charge is 0.573 e. The first kappa shape index (κ1) is 16.1. The molecule has 21 heavy (non-hydrogen) atoms. The van der Waals surface area contributed by atoms with E-state index in [-0.39, 0.29) is 11.3 Å². The van der Waals surface area contributed by atoms with Crippen molar-refractivity contribution in [2.24, 2.45) is 5.92 Å². The van der Waals surface area contributed by atoms with Crippen LogP contribution in [-0.4, -0.2) is 11.5 Å². The Morgan fingerprint density at radius 2 is 1.86 bits per heavy atom. The third-order valence-corrected chi connectivity index (χ3v) is 4.24. The second-order valence-corrected chi connectivity index (χ2v) is 5.81. The monoisotopic (exact) mass is 302 g/mol. The van der Waals surface area contributed by atoms with Crippen LogP contribution >= 0.6 is 0 Å². The van der Waals surface area contributed by atoms with Gasteiger partial charge in [-0.05, 0) is 37.7 Å². The van der Waals surface area contributed by atoms with E-state index in [2.05, 4.69) is 11.7 Å². The first-order valence-electron chi connectivity index (χ1n) is 7.42. The summed E-state index contributed by atoms with van der Waals surface area (Å²) in [6.45, 7) is 2.12. The number of aliphatic hydroxyl groups is 1. The molecule has 1 aliphatic rings. The van der Waals surface area contributed by atoms with Crippen molar-refractivity contribution in [2.75, 3.05) is 0 Å². The van der Waals surface area contributed by atoms with E-state index in [1.807, 2.05) is 0 Å². The zero-order valence-corrected chi connectivity index (χ0v) is 12.1. The van der Waals surface area contributed by atoms with E-state index in [9.17, 15) is 18.3 Å². The maximum atomic E-state index is 12.5. The van der Waals surface area contributed by atoms with Gasteiger partial charge in [-0.1, -0.05) is 38.0 Å². The van der Waals surface area contributed by atoms with Gasteiger partial charge in [-0.3, -0.25) is 0 Å². The van der Waals surface area contributed by atoms with E-state index < -0.39 is 12.0 Å². The minimum Gasteiger partial charge on any atom is -0.405 e. The highest BCUT2D eigenvalue weighted by molar-refractivity contribution is 5.38. The van der Waals surface area contributed by atoms with Crippen LogP contribution in [0.5, 0.6) is 5.75 Å². The van der Waals surface area contributed by atoms with Crippen molar-refractivity contribution in [1.82, 2.24) is 0 Å². The van der Waals surface area contributed by atoms with Crippen molar-refractivity contribution in [3.8, 4) is 5.75 Å². The molecule has 2 rings (SSSR count). The fourth-order valence-corrected chi connectivity index (χ4v) is 3.19. The smallest absolute Gasteiger partial charge is 0.405 e. The molecule has 1 aliphatic carbocycles. The molecular weight excluding hydrogens is 281 g/mol. The molecule has 0 bridgehead atoms. The number of hydrogen-bond donors (Lipinski definition) is 1. The van der Waals surface area contributed by atoms with Crippen molar-refractivity contribution in [2.45, 2.75) is 57.4 Å². The van der Waals surface area contributed by atoms with Gasteiger partial charge in [0.1, 0.15) is 5.75 Å². The predicted molar refractivity (Wildman–Crippen MR) is 73.9 cm³/mol. The molecule has 0 spiro atoms. The fraction of sp³-hybridized carbons (Fsp3) is 0.625. The lowest BCUT2D eigenvalue weighted by Crippen LogP contribution is -2.32. The van der Waals surface area contributed by atoms with E-state index in [4.69, 9.17) is 0 Å². The van der Waals surface area contributed by atoms with Crippen LogP contribution in [0.1, 0.15) is 51.0 Å². The summed E-state index contributed by atoms with van der Waals surface area (Å²) in [7, 11) is 0. The number of alkyl halides is 3. The van der Waals surface area contributed by atoms with Crippen LogP contribution in [0.4, 0.5) is 13.2 Å². The fourth-order valence-electron chi connectivity index (χ4n) is 3.19. The van der Waals surface area contributed by atoms with E-state index in [1.165, 1.54) is 18.2 Å². The van der Waals surface area contributed by atoms with Gasteiger partial charge in [0.25, 0.3) is 0 Å². The van der Waals surface area contributed by atoms with Crippen LogP contribution in [0, 0.1) is 5.92 Å². The molecule has 0 atom stereocenters. The molecule has 118 valence electrons. The topological polar surface area (TPSA) is 29.5 Å². The van der Waals surface area contributed by atoms with Crippen LogP contribution < -0.4 is 4.74 Å². The molecule has 1 aromatic carbocycles. The predicted octanol–water partition coefficient (Wildman–Crippen LogP) is 4.76. The molecule has 0 radical (unpaired) electrons. The molecule has 0 aromatic heterocycles. The number of ether oxygens (including phenoxy) is 1. The van der Waals surface area contributed by atoms with Crippen LogP contribution in [0.2, 0.25) is 0 Å². The molecule has 0 saturated heterocycles. The van der Waals surface area contributed by atoms with Crippen LogP contribution in [0.15, 0.2) is 24.3 Å². The van der Waals surface area contributed by atoms with Gasteiger partial charge in [-0.15, -0.1) is 13.2 Å². The van der Waals surface area contributed by atoms with E-state index in [0.717, 1.165) is 25.7 Å². The van der Waals surface area contributed by atoms with E-state index >= 15 is 0 Å². The quantitative estimate of drug-likeness (QED) is 0.868. The third-order valence-electron chi connectivity index (χ3n) is 4.24. The number of hydrogen-bond acceptors (Lipinski definition) is 2. The molecule has 1 N–H and O–H groups in total. The number of benzene rings is 1. The minimum atomic E-state index is -4.74. The summed E-state index contributed by atoms with van der Waals surface area (Å²) in [5.41, 5.74) is -0.969. The van der Waals surface area contributed by atoms with Crippen LogP contribution in [-0.2, 0) is 5.60 Å². The Bertz CT molecular complexity index is 463. The Morgan fingerprint density at radius 3 is 2.43 bits per heavy atom. The molecule has 0 heterocycles. The molecule has 0 aliphatic heterocycles. The molecule has 5 heteroatoms. The lowest BCUT2D eigenvalue weighted by atomic mass is 9.74. The van der Waals surface area contributed by atoms with Crippen molar-refractivity contribution in [3.05, 3.63) is 29.8 Å². The van der Waals surface area contributed by atoms with Gasteiger partial charge in [0, 0.05) is 5.56 Å². The average molecular weight is 302 g/mol. The summed E-state index contributed by atoms with van der Waals surface area (Å²) in [6.07, 6.45) is 0.0979. The highest BCUT2D eigenvalue weighted by Gasteiger charge is 2.39. The standard InChI is InChI=1S/C16H21F3O2/c1-2-5-12-8-10-15(20,11-9-12)13-6-3-4-7-14(13)21-16(17,18)19/h3-4,6-7,12,20H,2,5,8-11H2,1H3. The van der Waals surface area contributed by atoms with Gasteiger partial charge < -0.3 is 9.84 Å². The zero-order valence-electron chi connectivity index (χ0n) is 12.1. The second kappa shape index (κ2) is 6.26. The first-order valence-corrected chi connectivity index (χ1v) is 7.42. The van der Waals surface area contributed by atoms with E-state index in [0.29, 0.717) is 18.8 Å². The molecule has 1 aromatic rings. The molecule has 1 saturated carbocycles. The normalized spacial score (nSPS) is 26.6. The molecule has 0 amide bonds. The van der Waals surface area contributed by atoms with E-state index in [1.54, 1.807) is 6.07 Å². The van der Waals surface area contributed by atoms with Crippen molar-refractivity contribution >= 4 is 0 Å². The summed E-state index contributed by atoms with van der Waals surface area (Å²) < 4.78 is 41.5. The Morgan fingerprint density at radius 1 is 1.24 bits per heavy atom. The highest BCUT2D eigenvalue weighted by Crippen LogP contribution is 2.44. The molecule has 1 fully saturated rings. The lowest BCUT2D eigenvalue weighted by Gasteiger charge is -2.37. The van der Waals surface area contributed by atoms with Crippen LogP contribution in [0.3, 0.4) is 0 Å². The van der Waals surface area contributed by atoms with Gasteiger partial charge in [0.15, 0.2) is 0 Å². The second-order valence-electron chi connectivity index (χ2n) is 5.81. The summed E-state index contributed by atoms with van der Waals surface area (Å²) >= 11 is 0. The average Bonchev–Trinajstić information content (AvgIpc) is 2.41. The van der Waals surface area contributed by atoms with Gasteiger partial charge in [0.05, 0.1) is 5.60 Å². The maximum absolute atomic E-state index is 12.5. The molecular formula is C16H21F3O2. The van der Waals surface area contributed by atoms with Gasteiger partial charge in [0.2, 0.25) is 0 Å². The number of rotatable bonds is 4. The van der Waals surface area contributed by atoms with Crippen molar-refractivity contribution in [1.29, 1.82) is 0 Å². The zero-order chi connectivity index (χ0) is 15.5. The van der Waals surface area contributed by atoms with Crippen molar-refractivity contribution in [3.63, 3.8) is 0 Å². The Balaban J connectivity index is 2.18. The maximum Gasteiger partial charge on any atom is 0.573 e. The number of halogens is 3. The lowest BCUT2D eigenvalue weighted by molar-refractivity contribution is -0.275. The SMILES string of the molecule is CCCC1CCC(O)(c2ccccc2OC(F)(F)F)CC1. The van der Waals surface area contributed by atoms with Gasteiger partial charge in [-0.2, -0.15) is 0 Å². The third kappa shape index (κ3) is 4.13. The summed E-state index contributed by atoms with van der Waals surface area (Å²) in [5, 5.41) is 10.8. The molecule has 2 nitrogen and oxygen atoms in total. The van der Waals surface area contributed by atoms with Crippen LogP contribution in [0.25, 0.3) is 0 Å². The van der Waals surface area contributed by atoms with Gasteiger partial charge in [-0.25, -0.2) is 0 Å². The van der Waals surface area contributed by atoms with Gasteiger partial charge >= 0.3 is 6.36 Å². The molecule has 0 unspecified atom stereocenters. The van der Waals surface area contributed by atoms with Crippen molar-refractivity contribution < 1.29 is 23.0 Å². The Kier molecular flexibility index (Phi) is 4.81. The number of para-hydroxylation sites is 1. The minimum absolute atomic E-state index is 0.247. The Labute approximate surface area is 122 Å². The summed E-state index contributed by atoms with van der Waals surface area (Å²) in [5.74, 6) is 0.271. The summed E-state index contributed by atoms with van der Waals surface area (Å²) in [4.78, 5) is 0. The Hall–Kier alpha value is -1.23. The summed E-state index contributed by atoms with van der Waals surface area (Å²) in [6, 6.07) is 5.91. The first-order chi connectivity index (χ1) is 9.84. The highest BCUT2D eigenvalue weighted by atomic mass is 19.4.